The Balaban J connectivity index is 2.33. The second-order valence-corrected chi connectivity index (χ2v) is 4.32. The summed E-state index contributed by atoms with van der Waals surface area (Å²) in [6.45, 7) is 1.74. The molecule has 0 atom stereocenters. The number of carboxylic acids is 1. The SMILES string of the molecule is Cc1cc(C(=O)O)cc(Sc2nnnn2C)n1. The highest BCUT2D eigenvalue weighted by molar-refractivity contribution is 7.99. The van der Waals surface area contributed by atoms with Crippen molar-refractivity contribution in [3.63, 3.8) is 0 Å². The summed E-state index contributed by atoms with van der Waals surface area (Å²) >= 11 is 1.22. The Bertz CT molecular complexity index is 568. The van der Waals surface area contributed by atoms with Gasteiger partial charge in [0.1, 0.15) is 5.03 Å². The normalized spacial score (nSPS) is 10.5. The van der Waals surface area contributed by atoms with Crippen molar-refractivity contribution in [1.82, 2.24) is 25.2 Å². The molecule has 0 unspecified atom stereocenters. The highest BCUT2D eigenvalue weighted by Crippen LogP contribution is 2.24. The van der Waals surface area contributed by atoms with Crippen LogP contribution in [-0.2, 0) is 7.05 Å². The summed E-state index contributed by atoms with van der Waals surface area (Å²) in [5.74, 6) is -0.978. The lowest BCUT2D eigenvalue weighted by Gasteiger charge is -2.02. The Morgan fingerprint density at radius 2 is 2.24 bits per heavy atom. The fourth-order valence-electron chi connectivity index (χ4n) is 1.22. The minimum Gasteiger partial charge on any atom is -0.478 e. The fourth-order valence-corrected chi connectivity index (χ4v) is 2.02. The lowest BCUT2D eigenvalue weighted by Crippen LogP contribution is -2.00. The molecule has 0 aliphatic carbocycles. The fraction of sp³-hybridized carbons (Fsp3) is 0.222. The number of hydrogen-bond acceptors (Lipinski definition) is 6. The van der Waals surface area contributed by atoms with Crippen molar-refractivity contribution in [2.75, 3.05) is 0 Å². The average Bonchev–Trinajstić information content (AvgIpc) is 2.63. The number of aromatic carboxylic acids is 1. The summed E-state index contributed by atoms with van der Waals surface area (Å²) in [5.41, 5.74) is 0.845. The van der Waals surface area contributed by atoms with E-state index in [2.05, 4.69) is 20.5 Å². The van der Waals surface area contributed by atoms with E-state index in [0.717, 1.165) is 0 Å². The van der Waals surface area contributed by atoms with E-state index in [1.54, 1.807) is 14.0 Å². The van der Waals surface area contributed by atoms with Crippen LogP contribution in [0.3, 0.4) is 0 Å². The highest BCUT2D eigenvalue weighted by Gasteiger charge is 2.10. The number of hydrogen-bond donors (Lipinski definition) is 1. The maximum Gasteiger partial charge on any atom is 0.335 e. The molecule has 88 valence electrons. The number of nitrogens with zero attached hydrogens (tertiary/aromatic N) is 5. The molecule has 7 nitrogen and oxygen atoms in total. The Labute approximate surface area is 101 Å². The van der Waals surface area contributed by atoms with Crippen LogP contribution in [0.25, 0.3) is 0 Å². The number of pyridine rings is 1. The summed E-state index contributed by atoms with van der Waals surface area (Å²) in [6, 6.07) is 3.01. The number of aromatic nitrogens is 5. The second kappa shape index (κ2) is 4.50. The molecule has 0 aliphatic heterocycles. The van der Waals surface area contributed by atoms with Crippen molar-refractivity contribution in [3.05, 3.63) is 23.4 Å². The van der Waals surface area contributed by atoms with Crippen LogP contribution in [0.1, 0.15) is 16.1 Å². The standard InChI is InChI=1S/C9H9N5O2S/c1-5-3-6(8(15)16)4-7(10-5)17-9-11-12-13-14(9)2/h3-4H,1-2H3,(H,15,16). The number of rotatable bonds is 3. The first kappa shape index (κ1) is 11.5. The predicted octanol–water partition coefficient (Wildman–Crippen LogP) is 0.763. The molecular formula is C9H9N5O2S. The molecule has 2 rings (SSSR count). The molecule has 2 aromatic rings. The maximum absolute atomic E-state index is 10.9. The average molecular weight is 251 g/mol. The Kier molecular flexibility index (Phi) is 3.05. The molecule has 1 N–H and O–H groups in total. The van der Waals surface area contributed by atoms with Crippen molar-refractivity contribution >= 4 is 17.7 Å². The Morgan fingerprint density at radius 3 is 2.82 bits per heavy atom. The van der Waals surface area contributed by atoms with Crippen molar-refractivity contribution in [3.8, 4) is 0 Å². The maximum atomic E-state index is 10.9. The van der Waals surface area contributed by atoms with Gasteiger partial charge in [-0.1, -0.05) is 0 Å². The van der Waals surface area contributed by atoms with Crippen LogP contribution in [0.4, 0.5) is 0 Å². The molecule has 0 amide bonds. The molecule has 0 fully saturated rings. The first-order chi connectivity index (χ1) is 8.06. The van der Waals surface area contributed by atoms with E-state index in [1.807, 2.05) is 0 Å². The number of tetrazole rings is 1. The van der Waals surface area contributed by atoms with Crippen molar-refractivity contribution < 1.29 is 9.90 Å². The van der Waals surface area contributed by atoms with Gasteiger partial charge in [0.15, 0.2) is 0 Å². The van der Waals surface area contributed by atoms with Gasteiger partial charge in [0.2, 0.25) is 5.16 Å². The summed E-state index contributed by atoms with van der Waals surface area (Å²) in [7, 11) is 1.70. The molecule has 0 saturated heterocycles. The molecule has 0 aromatic carbocycles. The summed E-state index contributed by atoms with van der Waals surface area (Å²) in [6.07, 6.45) is 0. The summed E-state index contributed by atoms with van der Waals surface area (Å²) in [4.78, 5) is 15.1. The van der Waals surface area contributed by atoms with E-state index >= 15 is 0 Å². The third-order valence-electron chi connectivity index (χ3n) is 1.95. The zero-order valence-corrected chi connectivity index (χ0v) is 9.97. The van der Waals surface area contributed by atoms with Gasteiger partial charge in [-0.05, 0) is 41.2 Å². The quantitative estimate of drug-likeness (QED) is 0.860. The minimum absolute atomic E-state index is 0.204. The first-order valence-electron chi connectivity index (χ1n) is 4.68. The lowest BCUT2D eigenvalue weighted by molar-refractivity contribution is 0.0696. The van der Waals surface area contributed by atoms with Crippen molar-refractivity contribution in [2.24, 2.45) is 7.05 Å². The Hall–Kier alpha value is -1.96. The van der Waals surface area contributed by atoms with Gasteiger partial charge in [-0.25, -0.2) is 14.5 Å². The predicted molar refractivity (Wildman–Crippen MR) is 58.9 cm³/mol. The highest BCUT2D eigenvalue weighted by atomic mass is 32.2. The van der Waals surface area contributed by atoms with Gasteiger partial charge in [0, 0.05) is 12.7 Å². The molecule has 2 heterocycles. The van der Waals surface area contributed by atoms with Gasteiger partial charge in [-0.2, -0.15) is 0 Å². The lowest BCUT2D eigenvalue weighted by atomic mass is 10.2. The molecule has 0 spiro atoms. The largest absolute Gasteiger partial charge is 0.478 e. The summed E-state index contributed by atoms with van der Waals surface area (Å²) in [5, 5.41) is 21.0. The zero-order chi connectivity index (χ0) is 12.4. The smallest absolute Gasteiger partial charge is 0.335 e. The van der Waals surface area contributed by atoms with Crippen LogP contribution >= 0.6 is 11.8 Å². The molecule has 0 radical (unpaired) electrons. The van der Waals surface area contributed by atoms with Crippen LogP contribution < -0.4 is 0 Å². The third-order valence-corrected chi connectivity index (χ3v) is 2.90. The van der Waals surface area contributed by atoms with E-state index in [4.69, 9.17) is 5.11 Å². The van der Waals surface area contributed by atoms with Gasteiger partial charge >= 0.3 is 5.97 Å². The number of carbonyl (C=O) groups is 1. The molecule has 2 aromatic heterocycles. The summed E-state index contributed by atoms with van der Waals surface area (Å²) < 4.78 is 1.50. The van der Waals surface area contributed by atoms with E-state index in [1.165, 1.54) is 28.6 Å². The number of carboxylic acid groups (broad SMARTS) is 1. The molecule has 0 bridgehead atoms. The third kappa shape index (κ3) is 2.59. The second-order valence-electron chi connectivity index (χ2n) is 3.33. The van der Waals surface area contributed by atoms with Crippen LogP contribution in [0.15, 0.2) is 22.3 Å². The van der Waals surface area contributed by atoms with Gasteiger partial charge in [0.25, 0.3) is 0 Å². The van der Waals surface area contributed by atoms with Crippen molar-refractivity contribution in [2.45, 2.75) is 17.1 Å². The zero-order valence-electron chi connectivity index (χ0n) is 9.15. The van der Waals surface area contributed by atoms with E-state index in [-0.39, 0.29) is 5.56 Å². The molecule has 8 heteroatoms. The molecule has 17 heavy (non-hydrogen) atoms. The van der Waals surface area contributed by atoms with Crippen LogP contribution in [0.2, 0.25) is 0 Å². The van der Waals surface area contributed by atoms with Gasteiger partial charge in [-0.15, -0.1) is 5.10 Å². The van der Waals surface area contributed by atoms with Gasteiger partial charge in [0.05, 0.1) is 5.56 Å². The first-order valence-corrected chi connectivity index (χ1v) is 5.50. The molecule has 0 aliphatic rings. The topological polar surface area (TPSA) is 93.8 Å². The van der Waals surface area contributed by atoms with Crippen LogP contribution in [0.5, 0.6) is 0 Å². The minimum atomic E-state index is -0.978. The monoisotopic (exact) mass is 251 g/mol. The number of aryl methyl sites for hydroxylation is 2. The van der Waals surface area contributed by atoms with E-state index < -0.39 is 5.97 Å². The van der Waals surface area contributed by atoms with Crippen molar-refractivity contribution in [1.29, 1.82) is 0 Å². The van der Waals surface area contributed by atoms with Gasteiger partial charge < -0.3 is 5.11 Å². The Morgan fingerprint density at radius 1 is 1.47 bits per heavy atom. The van der Waals surface area contributed by atoms with E-state index in [0.29, 0.717) is 15.9 Å². The molecular weight excluding hydrogens is 242 g/mol. The van der Waals surface area contributed by atoms with Gasteiger partial charge in [-0.3, -0.25) is 0 Å². The van der Waals surface area contributed by atoms with Crippen LogP contribution in [0, 0.1) is 6.92 Å². The van der Waals surface area contributed by atoms with E-state index in [9.17, 15) is 4.79 Å². The van der Waals surface area contributed by atoms with Crippen LogP contribution in [-0.4, -0.2) is 36.3 Å². The molecule has 0 saturated carbocycles.